The monoisotopic (exact) mass is 566 g/mol. The van der Waals surface area contributed by atoms with E-state index in [1.165, 1.54) is 7.11 Å². The Morgan fingerprint density at radius 3 is 1.89 bits per heavy atom. The molecule has 1 heterocycles. The van der Waals surface area contributed by atoms with Gasteiger partial charge in [0.05, 0.1) is 28.4 Å². The van der Waals surface area contributed by atoms with Crippen molar-refractivity contribution in [2.45, 2.75) is 39.9 Å². The highest BCUT2D eigenvalue weighted by Gasteiger charge is 2.46. The van der Waals surface area contributed by atoms with Gasteiger partial charge in [0.15, 0.2) is 23.7 Å². The Hall–Kier alpha value is -2.36. The molecule has 0 aliphatic carbocycles. The minimum Gasteiger partial charge on any atom is -0.496 e. The van der Waals surface area contributed by atoms with Crippen LogP contribution in [0.25, 0.3) is 0 Å². The summed E-state index contributed by atoms with van der Waals surface area (Å²) >= 11 is 6.30. The summed E-state index contributed by atoms with van der Waals surface area (Å²) in [4.78, 5) is 14.3. The van der Waals surface area contributed by atoms with Gasteiger partial charge in [-0.25, -0.2) is 9.34 Å². The summed E-state index contributed by atoms with van der Waals surface area (Å²) in [5.74, 6) is 2.03. The second kappa shape index (κ2) is 13.1. The predicted molar refractivity (Wildman–Crippen MR) is 152 cm³/mol. The minimum atomic E-state index is -2.81. The molecule has 0 fully saturated rings. The first kappa shape index (κ1) is 30.2. The predicted octanol–water partition coefficient (Wildman–Crippen LogP) is 5.33. The lowest BCUT2D eigenvalue weighted by Gasteiger charge is -2.44. The third-order valence-electron chi connectivity index (χ3n) is 6.69. The van der Waals surface area contributed by atoms with Crippen molar-refractivity contribution < 1.29 is 33.0 Å². The van der Waals surface area contributed by atoms with Gasteiger partial charge in [-0.1, -0.05) is 33.8 Å². The average Bonchev–Trinajstić information content (AvgIpc) is 2.94. The van der Waals surface area contributed by atoms with Gasteiger partial charge in [-0.05, 0) is 29.5 Å². The second-order valence-electron chi connectivity index (χ2n) is 8.51. The molecule has 0 spiro atoms. The van der Waals surface area contributed by atoms with Gasteiger partial charge in [-0.2, -0.15) is 0 Å². The molecule has 0 saturated heterocycles. The number of carbonyl (C=O) groups is 1. The molecule has 11 heteroatoms. The highest BCUT2D eigenvalue weighted by Crippen LogP contribution is 2.58. The number of rotatable bonds is 13. The van der Waals surface area contributed by atoms with E-state index in [0.717, 1.165) is 0 Å². The van der Waals surface area contributed by atoms with E-state index in [0.29, 0.717) is 66.1 Å². The van der Waals surface area contributed by atoms with Crippen molar-refractivity contribution in [3.63, 3.8) is 0 Å². The van der Waals surface area contributed by atoms with Gasteiger partial charge in [0.25, 0.3) is 0 Å². The van der Waals surface area contributed by atoms with Crippen LogP contribution in [0, 0.1) is 0 Å². The molecule has 38 heavy (non-hydrogen) atoms. The molecule has 9 nitrogen and oxygen atoms in total. The number of hydrogen-bond acceptors (Lipinski definition) is 8. The molecule has 2 atom stereocenters. The first-order valence-electron chi connectivity index (χ1n) is 12.7. The van der Waals surface area contributed by atoms with Crippen LogP contribution in [0.5, 0.6) is 28.7 Å². The van der Waals surface area contributed by atoms with Crippen LogP contribution in [0.3, 0.4) is 0 Å². The molecule has 0 amide bonds. The summed E-state index contributed by atoms with van der Waals surface area (Å²) in [6, 6.07) is 8.78. The van der Waals surface area contributed by atoms with Crippen molar-refractivity contribution in [3.8, 4) is 28.7 Å². The van der Waals surface area contributed by atoms with Gasteiger partial charge in [-0.3, -0.25) is 4.79 Å². The van der Waals surface area contributed by atoms with Crippen molar-refractivity contribution >= 4 is 24.2 Å². The number of hydrogen-bond donors (Lipinski definition) is 0. The number of fused-ring (bicyclic) bond motifs is 1. The molecule has 2 unspecified atom stereocenters. The van der Waals surface area contributed by atoms with E-state index in [2.05, 4.69) is 9.34 Å². The normalized spacial score (nSPS) is 17.3. The molecule has 1 aliphatic rings. The lowest BCUT2D eigenvalue weighted by atomic mass is 9.92. The average molecular weight is 567 g/mol. The van der Waals surface area contributed by atoms with Gasteiger partial charge >= 0.3 is 0 Å². The standard InChI is InChI=1S/C27H39N2O7PS/c1-9-28(10-2)37(38,29(11-3)12-4)36-27-25(30)24-22(34-8)16-19(31-5)17-23(24)35-26(27)18-13-14-20(32-6)21(15-18)33-7/h13-17,26-27H,9-12H2,1-8H3. The summed E-state index contributed by atoms with van der Waals surface area (Å²) in [5, 5.41) is 0. The summed E-state index contributed by atoms with van der Waals surface area (Å²) < 4.78 is 39.6. The Balaban J connectivity index is 2.24. The topological polar surface area (TPSA) is 78.9 Å². The van der Waals surface area contributed by atoms with Crippen LogP contribution in [-0.2, 0) is 16.3 Å². The maximum atomic E-state index is 14.3. The number of carbonyl (C=O) groups excluding carboxylic acids is 1. The maximum absolute atomic E-state index is 14.3. The number of ether oxygens (including phenoxy) is 5. The maximum Gasteiger partial charge on any atom is 0.204 e. The number of ketones is 1. The molecule has 0 N–H and O–H groups in total. The fraction of sp³-hybridized carbons (Fsp3) is 0.519. The zero-order chi connectivity index (χ0) is 28.0. The first-order valence-corrected chi connectivity index (χ1v) is 15.4. The van der Waals surface area contributed by atoms with Gasteiger partial charge in [0.1, 0.15) is 22.8 Å². The molecule has 0 aromatic heterocycles. The number of benzene rings is 2. The molecule has 210 valence electrons. The molecular weight excluding hydrogens is 527 g/mol. The fourth-order valence-electron chi connectivity index (χ4n) is 4.66. The molecule has 0 radical (unpaired) electrons. The number of Topliss-reactive ketones (excluding diaryl/α,β-unsaturated/α-hetero) is 1. The van der Waals surface area contributed by atoms with Crippen LogP contribution in [0.1, 0.15) is 49.7 Å². The van der Waals surface area contributed by atoms with E-state index in [4.69, 9.17) is 40.0 Å². The van der Waals surface area contributed by atoms with Crippen LogP contribution in [-0.4, -0.2) is 75.8 Å². The third kappa shape index (κ3) is 5.65. The van der Waals surface area contributed by atoms with E-state index in [1.54, 1.807) is 45.6 Å². The minimum absolute atomic E-state index is 0.265. The smallest absolute Gasteiger partial charge is 0.204 e. The van der Waals surface area contributed by atoms with Crippen molar-refractivity contribution in [1.82, 2.24) is 9.34 Å². The van der Waals surface area contributed by atoms with E-state index in [1.807, 2.05) is 33.8 Å². The lowest BCUT2D eigenvalue weighted by molar-refractivity contribution is 0.0292. The van der Waals surface area contributed by atoms with E-state index in [9.17, 15) is 4.79 Å². The Kier molecular flexibility index (Phi) is 10.4. The van der Waals surface area contributed by atoms with E-state index < -0.39 is 18.8 Å². The van der Waals surface area contributed by atoms with E-state index >= 15 is 0 Å². The summed E-state index contributed by atoms with van der Waals surface area (Å²) in [6.07, 6.45) is -1.84. The Labute approximate surface area is 231 Å². The highest BCUT2D eigenvalue weighted by molar-refractivity contribution is 8.09. The van der Waals surface area contributed by atoms with Crippen LogP contribution in [0.4, 0.5) is 0 Å². The van der Waals surface area contributed by atoms with Crippen LogP contribution < -0.4 is 23.7 Å². The quantitative estimate of drug-likeness (QED) is 0.297. The van der Waals surface area contributed by atoms with Gasteiger partial charge < -0.3 is 28.2 Å². The lowest BCUT2D eigenvalue weighted by Crippen LogP contribution is -2.42. The summed E-state index contributed by atoms with van der Waals surface area (Å²) in [7, 11) is 6.19. The molecule has 1 aliphatic heterocycles. The van der Waals surface area contributed by atoms with Crippen molar-refractivity contribution in [3.05, 3.63) is 41.5 Å². The van der Waals surface area contributed by atoms with Crippen LogP contribution >= 0.6 is 6.57 Å². The Morgan fingerprint density at radius 2 is 1.39 bits per heavy atom. The summed E-state index contributed by atoms with van der Waals surface area (Å²) in [5.41, 5.74) is 0.991. The van der Waals surface area contributed by atoms with Gasteiger partial charge in [-0.15, -0.1) is 0 Å². The van der Waals surface area contributed by atoms with Crippen molar-refractivity contribution in [2.24, 2.45) is 0 Å². The third-order valence-corrected chi connectivity index (χ3v) is 11.4. The molecule has 0 bridgehead atoms. The SMILES string of the molecule is CCN(CC)P(=S)(OC1C(=O)c2c(OC)cc(OC)cc2OC1c1ccc(OC)c(OC)c1)N(CC)CC. The highest BCUT2D eigenvalue weighted by atomic mass is 32.5. The summed E-state index contributed by atoms with van der Waals surface area (Å²) in [6.45, 7) is 8.12. The molecule has 2 aromatic rings. The molecule has 3 rings (SSSR count). The number of methoxy groups -OCH3 is 4. The zero-order valence-electron chi connectivity index (χ0n) is 23.5. The number of nitrogens with zero attached hydrogens (tertiary/aromatic N) is 2. The fourth-order valence-corrected chi connectivity index (χ4v) is 8.88. The molecule has 2 aromatic carbocycles. The largest absolute Gasteiger partial charge is 0.496 e. The molecular formula is C27H39N2O7PS. The van der Waals surface area contributed by atoms with Gasteiger partial charge in [0, 0.05) is 38.3 Å². The Bertz CT molecular complexity index is 1150. The first-order chi connectivity index (χ1) is 18.3. The van der Waals surface area contributed by atoms with Crippen LogP contribution in [0.2, 0.25) is 0 Å². The van der Waals surface area contributed by atoms with E-state index in [-0.39, 0.29) is 5.78 Å². The molecule has 0 saturated carbocycles. The second-order valence-corrected chi connectivity index (χ2v) is 12.3. The zero-order valence-corrected chi connectivity index (χ0v) is 25.2. The van der Waals surface area contributed by atoms with Gasteiger partial charge in [0.2, 0.25) is 12.3 Å². The van der Waals surface area contributed by atoms with Crippen molar-refractivity contribution in [2.75, 3.05) is 54.6 Å². The van der Waals surface area contributed by atoms with Crippen LogP contribution in [0.15, 0.2) is 30.3 Å². The Morgan fingerprint density at radius 1 is 0.816 bits per heavy atom. The van der Waals surface area contributed by atoms with Crippen molar-refractivity contribution in [1.29, 1.82) is 0 Å².